The Morgan fingerprint density at radius 2 is 1.79 bits per heavy atom. The van der Waals surface area contributed by atoms with Crippen molar-refractivity contribution < 1.29 is 19.1 Å². The summed E-state index contributed by atoms with van der Waals surface area (Å²) in [4.78, 5) is 40.7. The molecule has 152 valence electrons. The lowest BCUT2D eigenvalue weighted by atomic mass is 10.1. The van der Waals surface area contributed by atoms with Crippen LogP contribution in [-0.2, 0) is 9.53 Å². The van der Waals surface area contributed by atoms with Gasteiger partial charge in [0, 0.05) is 30.8 Å². The van der Waals surface area contributed by atoms with Crippen molar-refractivity contribution in [3.63, 3.8) is 0 Å². The zero-order valence-corrected chi connectivity index (χ0v) is 18.2. The predicted octanol–water partition coefficient (Wildman–Crippen LogP) is 5.02. The molecule has 0 N–H and O–H groups in total. The van der Waals surface area contributed by atoms with Gasteiger partial charge in [0.1, 0.15) is 6.10 Å². The van der Waals surface area contributed by atoms with Crippen molar-refractivity contribution in [2.75, 3.05) is 22.9 Å². The molecule has 3 heterocycles. The number of carbonyl (C=O) groups is 3. The van der Waals surface area contributed by atoms with E-state index in [-0.39, 0.29) is 17.8 Å². The second kappa shape index (κ2) is 8.67. The van der Waals surface area contributed by atoms with Crippen molar-refractivity contribution in [2.24, 2.45) is 0 Å². The molecule has 2 aromatic rings. The lowest BCUT2D eigenvalue weighted by Gasteiger charge is -2.27. The van der Waals surface area contributed by atoms with Gasteiger partial charge >= 0.3 is 6.09 Å². The maximum Gasteiger partial charge on any atom is 0.414 e. The number of nitrogens with zero attached hydrogens (tertiary/aromatic N) is 2. The van der Waals surface area contributed by atoms with Crippen LogP contribution in [0.2, 0.25) is 0 Å². The average molecular weight is 477 g/mol. The minimum absolute atomic E-state index is 0.0609. The summed E-state index contributed by atoms with van der Waals surface area (Å²) in [6.07, 6.45) is 2.67. The molecule has 1 aromatic carbocycles. The second-order valence-electron chi connectivity index (χ2n) is 7.20. The zero-order chi connectivity index (χ0) is 20.4. The summed E-state index contributed by atoms with van der Waals surface area (Å²) in [5.74, 6) is 0.206. The number of carbonyl (C=O) groups excluding carboxylic acids is 3. The first-order valence-corrected chi connectivity index (χ1v) is 11.3. The fourth-order valence-electron chi connectivity index (χ4n) is 3.65. The van der Waals surface area contributed by atoms with E-state index in [0.29, 0.717) is 30.7 Å². The van der Waals surface area contributed by atoms with Gasteiger partial charge in [-0.1, -0.05) is 0 Å². The van der Waals surface area contributed by atoms with Crippen LogP contribution in [0.25, 0.3) is 0 Å². The maximum atomic E-state index is 12.3. The number of Topliss-reactive ketones (excluding diaryl/α,β-unsaturated/α-hetero) is 1. The third kappa shape index (κ3) is 4.53. The van der Waals surface area contributed by atoms with Crippen molar-refractivity contribution in [2.45, 2.75) is 38.2 Å². The van der Waals surface area contributed by atoms with Gasteiger partial charge in [-0.2, -0.15) is 0 Å². The van der Waals surface area contributed by atoms with Crippen LogP contribution in [0.1, 0.15) is 41.8 Å². The summed E-state index contributed by atoms with van der Waals surface area (Å²) in [5.41, 5.74) is 1.59. The number of anilines is 2. The molecular weight excluding hydrogens is 456 g/mol. The van der Waals surface area contributed by atoms with E-state index in [2.05, 4.69) is 15.9 Å². The number of rotatable bonds is 6. The molecule has 0 bridgehead atoms. The number of thiophene rings is 1. The predicted molar refractivity (Wildman–Crippen MR) is 116 cm³/mol. The number of ether oxygens (including phenoxy) is 1. The molecule has 2 aliphatic heterocycles. The molecule has 0 spiro atoms. The normalized spacial score (nSPS) is 19.6. The van der Waals surface area contributed by atoms with Gasteiger partial charge in [-0.25, -0.2) is 4.79 Å². The number of cyclic esters (lactones) is 1. The van der Waals surface area contributed by atoms with E-state index in [1.807, 2.05) is 30.3 Å². The Hall–Kier alpha value is -2.19. The van der Waals surface area contributed by atoms with E-state index in [4.69, 9.17) is 4.74 Å². The van der Waals surface area contributed by atoms with Crippen LogP contribution in [0.4, 0.5) is 16.2 Å². The molecule has 0 aliphatic carbocycles. The largest absolute Gasteiger partial charge is 0.444 e. The average Bonchev–Trinajstić information content (AvgIpc) is 3.32. The van der Waals surface area contributed by atoms with Crippen LogP contribution >= 0.6 is 27.3 Å². The fourth-order valence-corrected chi connectivity index (χ4v) is 5.01. The summed E-state index contributed by atoms with van der Waals surface area (Å²) in [7, 11) is 0. The number of amides is 2. The Morgan fingerprint density at radius 3 is 2.45 bits per heavy atom. The Morgan fingerprint density at radius 1 is 1.07 bits per heavy atom. The molecule has 4 rings (SSSR count). The summed E-state index contributed by atoms with van der Waals surface area (Å²) in [5, 5.41) is 0. The van der Waals surface area contributed by atoms with Gasteiger partial charge < -0.3 is 9.64 Å². The molecule has 2 aliphatic rings. The van der Waals surface area contributed by atoms with E-state index in [9.17, 15) is 14.4 Å². The first kappa shape index (κ1) is 20.1. The monoisotopic (exact) mass is 476 g/mol. The molecule has 0 unspecified atom stereocenters. The van der Waals surface area contributed by atoms with E-state index < -0.39 is 6.09 Å². The Labute approximate surface area is 181 Å². The standard InChI is InChI=1S/C21H21BrN2O4S/c22-19-11-10-18(29-19)17(25)9-8-16-13-24(21(27)28-16)15-6-4-14(5-7-15)23-12-2-1-3-20(23)26/h4-7,10-11,16H,1-3,8-9,12-13H2/t16-/m0/s1. The SMILES string of the molecule is O=C(CC[C@H]1CN(c2ccc(N3CCCCC3=O)cc2)C(=O)O1)c1ccc(Br)s1. The summed E-state index contributed by atoms with van der Waals surface area (Å²) >= 11 is 4.77. The van der Waals surface area contributed by atoms with Crippen LogP contribution < -0.4 is 9.80 Å². The van der Waals surface area contributed by atoms with Crippen LogP contribution in [0.3, 0.4) is 0 Å². The highest BCUT2D eigenvalue weighted by Gasteiger charge is 2.32. The number of benzene rings is 1. The van der Waals surface area contributed by atoms with E-state index >= 15 is 0 Å². The lowest BCUT2D eigenvalue weighted by Crippen LogP contribution is -2.35. The summed E-state index contributed by atoms with van der Waals surface area (Å²) in [6, 6.07) is 11.1. The van der Waals surface area contributed by atoms with Crippen LogP contribution in [0.5, 0.6) is 0 Å². The molecule has 2 fully saturated rings. The van der Waals surface area contributed by atoms with Gasteiger partial charge in [0.25, 0.3) is 0 Å². The van der Waals surface area contributed by atoms with E-state index in [1.54, 1.807) is 15.9 Å². The van der Waals surface area contributed by atoms with Crippen molar-refractivity contribution in [1.82, 2.24) is 0 Å². The second-order valence-corrected chi connectivity index (χ2v) is 9.66. The number of halogens is 1. The van der Waals surface area contributed by atoms with Crippen molar-refractivity contribution in [3.8, 4) is 0 Å². The molecular formula is C21H21BrN2O4S. The van der Waals surface area contributed by atoms with Crippen LogP contribution in [0.15, 0.2) is 40.2 Å². The summed E-state index contributed by atoms with van der Waals surface area (Å²) in [6.45, 7) is 1.16. The molecule has 2 amide bonds. The van der Waals surface area contributed by atoms with Crippen molar-refractivity contribution in [1.29, 1.82) is 0 Å². The topological polar surface area (TPSA) is 66.9 Å². The third-order valence-electron chi connectivity index (χ3n) is 5.21. The Bertz CT molecular complexity index is 927. The summed E-state index contributed by atoms with van der Waals surface area (Å²) < 4.78 is 6.37. The minimum atomic E-state index is -0.400. The Kier molecular flexibility index (Phi) is 6.01. The third-order valence-corrected chi connectivity index (χ3v) is 6.88. The van der Waals surface area contributed by atoms with Gasteiger partial charge in [0.2, 0.25) is 5.91 Å². The quantitative estimate of drug-likeness (QED) is 0.549. The van der Waals surface area contributed by atoms with Gasteiger partial charge in [-0.05, 0) is 71.6 Å². The molecule has 0 saturated carbocycles. The molecule has 1 aromatic heterocycles. The molecule has 2 saturated heterocycles. The van der Waals surface area contributed by atoms with Crippen LogP contribution in [0, 0.1) is 0 Å². The van der Waals surface area contributed by atoms with Gasteiger partial charge in [-0.15, -0.1) is 11.3 Å². The fraction of sp³-hybridized carbons (Fsp3) is 0.381. The molecule has 29 heavy (non-hydrogen) atoms. The molecule has 6 nitrogen and oxygen atoms in total. The molecule has 0 radical (unpaired) electrons. The minimum Gasteiger partial charge on any atom is -0.444 e. The lowest BCUT2D eigenvalue weighted by molar-refractivity contribution is -0.119. The van der Waals surface area contributed by atoms with E-state index in [1.165, 1.54) is 11.3 Å². The van der Waals surface area contributed by atoms with Gasteiger partial charge in [-0.3, -0.25) is 14.5 Å². The maximum absolute atomic E-state index is 12.3. The number of piperidine rings is 1. The molecule has 1 atom stereocenters. The first-order chi connectivity index (χ1) is 14.0. The number of hydrogen-bond donors (Lipinski definition) is 0. The smallest absolute Gasteiger partial charge is 0.414 e. The highest BCUT2D eigenvalue weighted by Crippen LogP contribution is 2.29. The zero-order valence-electron chi connectivity index (χ0n) is 15.8. The van der Waals surface area contributed by atoms with E-state index in [0.717, 1.165) is 34.5 Å². The number of ketones is 1. The highest BCUT2D eigenvalue weighted by atomic mass is 79.9. The van der Waals surface area contributed by atoms with Crippen molar-refractivity contribution in [3.05, 3.63) is 45.1 Å². The molecule has 8 heteroatoms. The van der Waals surface area contributed by atoms with Gasteiger partial charge in [0.15, 0.2) is 5.78 Å². The highest BCUT2D eigenvalue weighted by molar-refractivity contribution is 9.11. The van der Waals surface area contributed by atoms with Gasteiger partial charge in [0.05, 0.1) is 15.2 Å². The van der Waals surface area contributed by atoms with Crippen LogP contribution in [-0.4, -0.2) is 37.0 Å². The first-order valence-electron chi connectivity index (χ1n) is 9.68. The Balaban J connectivity index is 1.35. The van der Waals surface area contributed by atoms with Crippen molar-refractivity contribution >= 4 is 56.4 Å². The number of hydrogen-bond acceptors (Lipinski definition) is 5.